The molecule has 0 unspecified atom stereocenters. The van der Waals surface area contributed by atoms with Crippen molar-refractivity contribution in [2.24, 2.45) is 5.73 Å². The van der Waals surface area contributed by atoms with Gasteiger partial charge in [-0.1, -0.05) is 23.6 Å². The molecule has 3 aliphatic rings. The molecule has 1 saturated heterocycles. The summed E-state index contributed by atoms with van der Waals surface area (Å²) in [4.78, 5) is 29.9. The van der Waals surface area contributed by atoms with E-state index in [1.807, 2.05) is 12.1 Å². The minimum absolute atomic E-state index is 0.0256. The number of carbonyl (C=O) groups is 2. The van der Waals surface area contributed by atoms with Crippen LogP contribution in [0.4, 0.5) is 0 Å². The fourth-order valence-electron chi connectivity index (χ4n) is 4.36. The van der Waals surface area contributed by atoms with Crippen LogP contribution in [0.25, 0.3) is 0 Å². The fourth-order valence-corrected chi connectivity index (χ4v) is 4.49. The van der Waals surface area contributed by atoms with Gasteiger partial charge in [-0.15, -0.1) is 6.42 Å². The van der Waals surface area contributed by atoms with Crippen LogP contribution >= 0.6 is 11.6 Å². The van der Waals surface area contributed by atoms with Crippen molar-refractivity contribution in [1.29, 1.82) is 0 Å². The van der Waals surface area contributed by atoms with E-state index in [0.717, 1.165) is 11.3 Å². The number of benzene rings is 1. The van der Waals surface area contributed by atoms with Crippen molar-refractivity contribution in [2.45, 2.75) is 31.8 Å². The summed E-state index contributed by atoms with van der Waals surface area (Å²) in [7, 11) is 0. The minimum atomic E-state index is -0.372. The molecule has 4 rings (SSSR count). The molecule has 36 heavy (non-hydrogen) atoms. The van der Waals surface area contributed by atoms with E-state index >= 15 is 0 Å². The van der Waals surface area contributed by atoms with Gasteiger partial charge in [-0.2, -0.15) is 0 Å². The third kappa shape index (κ3) is 5.93. The van der Waals surface area contributed by atoms with Gasteiger partial charge >= 0.3 is 0 Å². The maximum atomic E-state index is 13.4. The van der Waals surface area contributed by atoms with Crippen molar-refractivity contribution in [2.75, 3.05) is 26.2 Å². The van der Waals surface area contributed by atoms with Crippen molar-refractivity contribution in [3.63, 3.8) is 0 Å². The van der Waals surface area contributed by atoms with Crippen LogP contribution in [0.2, 0.25) is 5.02 Å². The Bertz CT molecular complexity index is 1190. The lowest BCUT2D eigenvalue weighted by Crippen LogP contribution is -2.46. The molecule has 0 bridgehead atoms. The third-order valence-corrected chi connectivity index (χ3v) is 6.62. The standard InChI is InChI=1S/C27H29ClN4O4/c1-2-20-17-32(16-18-3-7-21(33)8-4-18)27(35)25(30-20)24(15-29)26(34)31-13-11-23(12-14-31)36-22-9-5-19(28)6-10-22/h1,3,5-7,9-10,17,23,30,33H,4,8,11-16,29H2/b25-24+. The van der Waals surface area contributed by atoms with Crippen molar-refractivity contribution in [3.8, 4) is 18.1 Å². The molecule has 1 aromatic carbocycles. The number of likely N-dealkylation sites (tertiary alicyclic amines) is 1. The van der Waals surface area contributed by atoms with Crippen molar-refractivity contribution in [3.05, 3.63) is 75.9 Å². The van der Waals surface area contributed by atoms with E-state index in [4.69, 9.17) is 28.5 Å². The smallest absolute Gasteiger partial charge is 0.275 e. The molecule has 0 saturated carbocycles. The number of hydrogen-bond donors (Lipinski definition) is 3. The molecule has 0 radical (unpaired) electrons. The van der Waals surface area contributed by atoms with Gasteiger partial charge in [0.25, 0.3) is 11.8 Å². The Kier molecular flexibility index (Phi) is 8.04. The summed E-state index contributed by atoms with van der Waals surface area (Å²) in [5.74, 6) is 2.90. The first kappa shape index (κ1) is 25.4. The number of hydrogen-bond acceptors (Lipinski definition) is 6. The minimum Gasteiger partial charge on any atom is -0.512 e. The predicted octanol–water partition coefficient (Wildman–Crippen LogP) is 2.99. The molecular formula is C27H29ClN4O4. The third-order valence-electron chi connectivity index (χ3n) is 6.37. The van der Waals surface area contributed by atoms with Crippen LogP contribution in [-0.4, -0.2) is 59.0 Å². The van der Waals surface area contributed by atoms with Gasteiger partial charge in [0.15, 0.2) is 0 Å². The highest BCUT2D eigenvalue weighted by molar-refractivity contribution is 6.30. The van der Waals surface area contributed by atoms with Crippen LogP contribution in [0.15, 0.2) is 70.9 Å². The molecule has 0 atom stereocenters. The quantitative estimate of drug-likeness (QED) is 0.403. The van der Waals surface area contributed by atoms with Gasteiger partial charge in [0.1, 0.15) is 23.2 Å². The highest BCUT2D eigenvalue weighted by atomic mass is 35.5. The second-order valence-electron chi connectivity index (χ2n) is 8.85. The molecule has 1 aromatic rings. The van der Waals surface area contributed by atoms with E-state index in [2.05, 4.69) is 11.2 Å². The maximum absolute atomic E-state index is 13.4. The second-order valence-corrected chi connectivity index (χ2v) is 9.29. The maximum Gasteiger partial charge on any atom is 0.275 e. The normalized spacial score (nSPS) is 20.0. The lowest BCUT2D eigenvalue weighted by Gasteiger charge is -2.34. The number of aliphatic hydroxyl groups excluding tert-OH is 1. The number of carbonyl (C=O) groups excluding carboxylic acids is 2. The molecule has 2 aliphatic heterocycles. The number of aliphatic hydroxyl groups is 1. The number of halogens is 1. The largest absolute Gasteiger partial charge is 0.512 e. The first-order valence-electron chi connectivity index (χ1n) is 11.9. The SMILES string of the molecule is C#CC1=CN(CC2=CC=C(O)CC2)C(=O)/C(=C(/CN)C(=O)N2CCC(Oc3ccc(Cl)cc3)CC2)N1. The van der Waals surface area contributed by atoms with E-state index in [1.54, 1.807) is 35.4 Å². The molecule has 2 amide bonds. The van der Waals surface area contributed by atoms with Crippen LogP contribution in [-0.2, 0) is 9.59 Å². The van der Waals surface area contributed by atoms with E-state index in [1.165, 1.54) is 4.90 Å². The molecule has 188 valence electrons. The zero-order chi connectivity index (χ0) is 25.7. The van der Waals surface area contributed by atoms with Crippen LogP contribution in [0.1, 0.15) is 25.7 Å². The first-order valence-corrected chi connectivity index (χ1v) is 12.2. The zero-order valence-corrected chi connectivity index (χ0v) is 20.6. The van der Waals surface area contributed by atoms with Crippen LogP contribution in [0.5, 0.6) is 5.75 Å². The van der Waals surface area contributed by atoms with Gasteiger partial charge in [-0.3, -0.25) is 9.59 Å². The number of allylic oxidation sites excluding steroid dienone is 4. The monoisotopic (exact) mass is 508 g/mol. The van der Waals surface area contributed by atoms with Gasteiger partial charge in [0.05, 0.1) is 11.3 Å². The fraction of sp³-hybridized carbons (Fsp3) is 0.333. The molecule has 9 heteroatoms. The van der Waals surface area contributed by atoms with Crippen LogP contribution in [0, 0.1) is 12.3 Å². The van der Waals surface area contributed by atoms with E-state index in [-0.39, 0.29) is 35.7 Å². The van der Waals surface area contributed by atoms with Crippen LogP contribution < -0.4 is 15.8 Å². The van der Waals surface area contributed by atoms with Crippen LogP contribution in [0.3, 0.4) is 0 Å². The molecule has 2 heterocycles. The molecular weight excluding hydrogens is 480 g/mol. The van der Waals surface area contributed by atoms with Crippen molar-refractivity contribution < 1.29 is 19.4 Å². The van der Waals surface area contributed by atoms with E-state index in [0.29, 0.717) is 61.8 Å². The first-order chi connectivity index (χ1) is 17.4. The molecule has 8 nitrogen and oxygen atoms in total. The zero-order valence-electron chi connectivity index (χ0n) is 19.9. The van der Waals surface area contributed by atoms with Gasteiger partial charge in [-0.25, -0.2) is 0 Å². The second kappa shape index (κ2) is 11.4. The number of rotatable bonds is 6. The highest BCUT2D eigenvalue weighted by Gasteiger charge is 2.32. The Morgan fingerprint density at radius 1 is 1.22 bits per heavy atom. The molecule has 0 spiro atoms. The van der Waals surface area contributed by atoms with Gasteiger partial charge in [-0.05, 0) is 42.3 Å². The van der Waals surface area contributed by atoms with E-state index in [9.17, 15) is 14.7 Å². The summed E-state index contributed by atoms with van der Waals surface area (Å²) < 4.78 is 6.02. The summed E-state index contributed by atoms with van der Waals surface area (Å²) in [5, 5.41) is 13.2. The van der Waals surface area contributed by atoms with Crippen molar-refractivity contribution in [1.82, 2.24) is 15.1 Å². The van der Waals surface area contributed by atoms with Gasteiger partial charge < -0.3 is 30.7 Å². The molecule has 4 N–H and O–H groups in total. The van der Waals surface area contributed by atoms with Crippen molar-refractivity contribution >= 4 is 23.4 Å². The lowest BCUT2D eigenvalue weighted by atomic mass is 10.0. The number of nitrogens with zero attached hydrogens (tertiary/aromatic N) is 2. The Hall–Kier alpha value is -3.67. The summed E-state index contributed by atoms with van der Waals surface area (Å²) in [6, 6.07) is 7.19. The summed E-state index contributed by atoms with van der Waals surface area (Å²) in [6.07, 6.45) is 13.0. The number of amides is 2. The Morgan fingerprint density at radius 3 is 2.56 bits per heavy atom. The molecule has 1 fully saturated rings. The number of ether oxygens (including phenoxy) is 1. The topological polar surface area (TPSA) is 108 Å². The Morgan fingerprint density at radius 2 is 1.94 bits per heavy atom. The average molecular weight is 509 g/mol. The Labute approximate surface area is 215 Å². The highest BCUT2D eigenvalue weighted by Crippen LogP contribution is 2.24. The summed E-state index contributed by atoms with van der Waals surface area (Å²) in [5.41, 5.74) is 7.61. The van der Waals surface area contributed by atoms with Gasteiger partial charge in [0.2, 0.25) is 0 Å². The van der Waals surface area contributed by atoms with Gasteiger partial charge in [0, 0.05) is 56.7 Å². The predicted molar refractivity (Wildman–Crippen MR) is 138 cm³/mol. The van der Waals surface area contributed by atoms with E-state index < -0.39 is 0 Å². The lowest BCUT2D eigenvalue weighted by molar-refractivity contribution is -0.130. The summed E-state index contributed by atoms with van der Waals surface area (Å²) in [6.45, 7) is 1.15. The number of nitrogens with two attached hydrogens (primary N) is 1. The molecule has 1 aliphatic carbocycles. The number of piperidine rings is 1. The number of terminal acetylenes is 1. The Balaban J connectivity index is 1.46. The molecule has 0 aromatic heterocycles. The number of nitrogens with one attached hydrogen (secondary N) is 1. The average Bonchev–Trinajstić information content (AvgIpc) is 2.89. The summed E-state index contributed by atoms with van der Waals surface area (Å²) >= 11 is 5.93.